The second-order valence-electron chi connectivity index (χ2n) is 7.06. The Morgan fingerprint density at radius 3 is 2.48 bits per heavy atom. The van der Waals surface area contributed by atoms with Crippen molar-refractivity contribution in [3.05, 3.63) is 59.0 Å². The Morgan fingerprint density at radius 1 is 1.17 bits per heavy atom. The summed E-state index contributed by atoms with van der Waals surface area (Å²) < 4.78 is 24.5. The van der Waals surface area contributed by atoms with Gasteiger partial charge in [-0.25, -0.2) is 0 Å². The molecule has 1 aliphatic carbocycles. The zero-order valence-electron chi connectivity index (χ0n) is 17.1. The van der Waals surface area contributed by atoms with Crippen LogP contribution in [0.25, 0.3) is 10.8 Å². The third kappa shape index (κ3) is 4.40. The lowest BCUT2D eigenvalue weighted by atomic mass is 9.99. The summed E-state index contributed by atoms with van der Waals surface area (Å²) in [6.07, 6.45) is 0.866. The van der Waals surface area contributed by atoms with Crippen LogP contribution in [0, 0.1) is 5.92 Å². The number of benzene rings is 2. The zero-order chi connectivity index (χ0) is 21.0. The Morgan fingerprint density at radius 2 is 1.83 bits per heavy atom. The van der Waals surface area contributed by atoms with Crippen molar-refractivity contribution in [2.45, 2.75) is 39.7 Å². The number of hydrogen-bond acceptors (Lipinski definition) is 5. The van der Waals surface area contributed by atoms with Gasteiger partial charge in [0.05, 0.1) is 24.4 Å². The molecule has 2 atom stereocenters. The van der Waals surface area contributed by atoms with E-state index in [0.29, 0.717) is 18.5 Å². The summed E-state index contributed by atoms with van der Waals surface area (Å²) in [4.78, 5) is 11.8. The van der Waals surface area contributed by atoms with Crippen molar-refractivity contribution in [3.63, 3.8) is 0 Å². The molecule has 0 saturated carbocycles. The normalized spacial score (nSPS) is 18.2. The molecule has 29 heavy (non-hydrogen) atoms. The Hall–Kier alpha value is -2.14. The number of carbonyl (C=O) groups is 1. The van der Waals surface area contributed by atoms with Gasteiger partial charge in [0.15, 0.2) is 0 Å². The molecule has 156 valence electrons. The van der Waals surface area contributed by atoms with E-state index in [1.165, 1.54) is 0 Å². The average Bonchev–Trinajstić information content (AvgIpc) is 3.12. The van der Waals surface area contributed by atoms with E-state index in [2.05, 4.69) is 29.6 Å². The van der Waals surface area contributed by atoms with Gasteiger partial charge in [0.25, 0.3) is 0 Å². The highest BCUT2D eigenvalue weighted by Gasteiger charge is 2.44. The van der Waals surface area contributed by atoms with Crippen LogP contribution in [0.1, 0.15) is 45.2 Å². The summed E-state index contributed by atoms with van der Waals surface area (Å²) >= 11 is 0. The predicted molar refractivity (Wildman–Crippen MR) is 114 cm³/mol. The van der Waals surface area contributed by atoms with Crippen molar-refractivity contribution in [1.29, 1.82) is 0 Å². The van der Waals surface area contributed by atoms with Crippen molar-refractivity contribution in [3.8, 4) is 0 Å². The maximum absolute atomic E-state index is 13.5. The number of hydrogen-bond donors (Lipinski definition) is 2. The number of rotatable bonds is 9. The first kappa shape index (κ1) is 21.6. The minimum Gasteiger partial charge on any atom is -0.481 e. The summed E-state index contributed by atoms with van der Waals surface area (Å²) in [6, 6.07) is 14.1. The summed E-state index contributed by atoms with van der Waals surface area (Å²) in [5.41, 5.74) is 1.75. The van der Waals surface area contributed by atoms with Crippen LogP contribution in [0.15, 0.2) is 53.5 Å². The molecular formula is C22H28NO5P. The molecule has 2 aromatic carbocycles. The van der Waals surface area contributed by atoms with Crippen molar-refractivity contribution in [2.75, 3.05) is 13.2 Å². The van der Waals surface area contributed by atoms with Gasteiger partial charge in [-0.05, 0) is 49.9 Å². The number of allylic oxidation sites excluding steroid dienone is 1. The van der Waals surface area contributed by atoms with Gasteiger partial charge in [-0.2, -0.15) is 0 Å². The zero-order valence-corrected chi connectivity index (χ0v) is 17.9. The van der Waals surface area contributed by atoms with Crippen LogP contribution in [0.2, 0.25) is 0 Å². The van der Waals surface area contributed by atoms with Crippen LogP contribution in [0.4, 0.5) is 0 Å². The fourth-order valence-corrected chi connectivity index (χ4v) is 6.15. The van der Waals surface area contributed by atoms with E-state index in [4.69, 9.17) is 9.05 Å². The quantitative estimate of drug-likeness (QED) is 0.527. The summed E-state index contributed by atoms with van der Waals surface area (Å²) in [6.45, 7) is 5.83. The van der Waals surface area contributed by atoms with Crippen LogP contribution in [-0.2, 0) is 18.4 Å². The van der Waals surface area contributed by atoms with E-state index in [1.807, 2.05) is 25.1 Å². The molecule has 0 saturated heterocycles. The third-order valence-electron chi connectivity index (χ3n) is 5.19. The van der Waals surface area contributed by atoms with Crippen molar-refractivity contribution >= 4 is 24.3 Å². The number of fused-ring (bicyclic) bond motifs is 1. The van der Waals surface area contributed by atoms with Crippen LogP contribution in [0.5, 0.6) is 0 Å². The Bertz CT molecular complexity index is 955. The molecule has 0 bridgehead atoms. The van der Waals surface area contributed by atoms with Gasteiger partial charge in [0, 0.05) is 11.7 Å². The standard InChI is InChI=1S/C22H28NO5P/c1-4-27-29(26,28-5-2)21-19(22(24)25)13-14-20(21)23-15(3)17-12-8-10-16-9-6-7-11-18(16)17/h6-12,15,19,23H,4-5,13-14H2,1-3H3,(H,24,25)/t15-,19-/m0/s1. The number of carboxylic acid groups (broad SMARTS) is 1. The minimum absolute atomic E-state index is 0.102. The first-order valence-electron chi connectivity index (χ1n) is 10.0. The second kappa shape index (κ2) is 9.12. The third-order valence-corrected chi connectivity index (χ3v) is 7.56. The molecule has 7 heteroatoms. The summed E-state index contributed by atoms with van der Waals surface area (Å²) in [5.74, 6) is -1.88. The molecule has 1 aliphatic rings. The largest absolute Gasteiger partial charge is 0.481 e. The van der Waals surface area contributed by atoms with Crippen molar-refractivity contribution < 1.29 is 23.5 Å². The molecule has 0 amide bonds. The first-order valence-corrected chi connectivity index (χ1v) is 11.5. The van der Waals surface area contributed by atoms with Crippen LogP contribution in [0.3, 0.4) is 0 Å². The van der Waals surface area contributed by atoms with Gasteiger partial charge in [0.1, 0.15) is 0 Å². The van der Waals surface area contributed by atoms with E-state index >= 15 is 0 Å². The number of carboxylic acids is 1. The molecule has 0 heterocycles. The van der Waals surface area contributed by atoms with Crippen LogP contribution >= 0.6 is 7.60 Å². The van der Waals surface area contributed by atoms with Crippen LogP contribution in [-0.4, -0.2) is 24.3 Å². The highest BCUT2D eigenvalue weighted by molar-refractivity contribution is 7.58. The summed E-state index contributed by atoms with van der Waals surface area (Å²) in [7, 11) is -3.69. The Kier molecular flexibility index (Phi) is 6.78. The number of aliphatic carboxylic acids is 1. The highest BCUT2D eigenvalue weighted by Crippen LogP contribution is 2.62. The van der Waals surface area contributed by atoms with E-state index < -0.39 is 19.5 Å². The van der Waals surface area contributed by atoms with Crippen molar-refractivity contribution in [1.82, 2.24) is 5.32 Å². The SMILES string of the molecule is CCOP(=O)(OCC)C1=C(N[C@@H](C)c2cccc3ccccc23)CC[C@@H]1C(=O)O. The highest BCUT2D eigenvalue weighted by atomic mass is 31.2. The van der Waals surface area contributed by atoms with Gasteiger partial charge >= 0.3 is 13.6 Å². The Balaban J connectivity index is 2.02. The smallest absolute Gasteiger partial charge is 0.359 e. The summed E-state index contributed by atoms with van der Waals surface area (Å²) in [5, 5.41) is 15.7. The second-order valence-corrected chi connectivity index (χ2v) is 9.05. The average molecular weight is 417 g/mol. The minimum atomic E-state index is -3.69. The lowest BCUT2D eigenvalue weighted by molar-refractivity contribution is -0.140. The lowest BCUT2D eigenvalue weighted by Gasteiger charge is -2.24. The van der Waals surface area contributed by atoms with Gasteiger partial charge in [-0.1, -0.05) is 42.5 Å². The fourth-order valence-electron chi connectivity index (χ4n) is 3.99. The molecule has 6 nitrogen and oxygen atoms in total. The molecule has 0 spiro atoms. The fraction of sp³-hybridized carbons (Fsp3) is 0.409. The molecule has 0 aromatic heterocycles. The van der Waals surface area contributed by atoms with Gasteiger partial charge < -0.3 is 19.5 Å². The number of nitrogens with one attached hydrogen (secondary N) is 1. The molecule has 2 aromatic rings. The molecule has 0 radical (unpaired) electrons. The lowest BCUT2D eigenvalue weighted by Crippen LogP contribution is -2.21. The first-order chi connectivity index (χ1) is 13.9. The molecule has 0 fully saturated rings. The van der Waals surface area contributed by atoms with Crippen LogP contribution < -0.4 is 5.32 Å². The molecule has 2 N–H and O–H groups in total. The topological polar surface area (TPSA) is 84.9 Å². The molecule has 3 rings (SSSR count). The van der Waals surface area contributed by atoms with Gasteiger partial charge in [-0.3, -0.25) is 9.36 Å². The van der Waals surface area contributed by atoms with Gasteiger partial charge in [-0.15, -0.1) is 0 Å². The van der Waals surface area contributed by atoms with Gasteiger partial charge in [0.2, 0.25) is 0 Å². The maximum Gasteiger partial charge on any atom is 0.359 e. The molecular weight excluding hydrogens is 389 g/mol. The van der Waals surface area contributed by atoms with E-state index in [-0.39, 0.29) is 24.6 Å². The maximum atomic E-state index is 13.5. The predicted octanol–water partition coefficient (Wildman–Crippen LogP) is 5.46. The van der Waals surface area contributed by atoms with E-state index in [9.17, 15) is 14.5 Å². The Labute approximate surface area is 171 Å². The monoisotopic (exact) mass is 417 g/mol. The molecule has 0 aliphatic heterocycles. The van der Waals surface area contributed by atoms with E-state index in [0.717, 1.165) is 16.3 Å². The van der Waals surface area contributed by atoms with E-state index in [1.54, 1.807) is 13.8 Å². The van der Waals surface area contributed by atoms with Crippen molar-refractivity contribution in [2.24, 2.45) is 5.92 Å². The molecule has 0 unspecified atom stereocenters.